The average molecular weight is 279 g/mol. The average Bonchev–Trinajstić information content (AvgIpc) is 2.98. The van der Waals surface area contributed by atoms with Crippen LogP contribution in [0.4, 0.5) is 23.7 Å². The van der Waals surface area contributed by atoms with E-state index in [0.29, 0.717) is 0 Å². The van der Waals surface area contributed by atoms with Crippen LogP contribution < -0.4 is 10.6 Å². The molecular weight excluding hydrogens is 269 g/mol. The zero-order valence-electron chi connectivity index (χ0n) is 9.14. The Morgan fingerprint density at radius 2 is 1.94 bits per heavy atom. The highest BCUT2D eigenvalue weighted by molar-refractivity contribution is 6.31. The summed E-state index contributed by atoms with van der Waals surface area (Å²) < 4.78 is 37.6. The SMILES string of the molecule is O=C(Nc1cc(Cl)cc(C(F)(F)F)c1)NC1CC1. The summed E-state index contributed by atoms with van der Waals surface area (Å²) in [6, 6.07) is 2.53. The highest BCUT2D eigenvalue weighted by Crippen LogP contribution is 2.33. The molecule has 0 unspecified atom stereocenters. The van der Waals surface area contributed by atoms with E-state index in [-0.39, 0.29) is 16.8 Å². The van der Waals surface area contributed by atoms with E-state index in [9.17, 15) is 18.0 Å². The Kier molecular flexibility index (Phi) is 3.38. The zero-order chi connectivity index (χ0) is 13.3. The third-order valence-electron chi connectivity index (χ3n) is 2.40. The number of alkyl halides is 3. The van der Waals surface area contributed by atoms with Gasteiger partial charge in [-0.05, 0) is 31.0 Å². The van der Waals surface area contributed by atoms with Gasteiger partial charge in [0.2, 0.25) is 0 Å². The highest BCUT2D eigenvalue weighted by atomic mass is 35.5. The van der Waals surface area contributed by atoms with Crippen LogP contribution in [-0.4, -0.2) is 12.1 Å². The molecule has 0 radical (unpaired) electrons. The first-order chi connectivity index (χ1) is 8.34. The maximum Gasteiger partial charge on any atom is 0.416 e. The molecule has 0 heterocycles. The van der Waals surface area contributed by atoms with Gasteiger partial charge in [-0.25, -0.2) is 4.79 Å². The van der Waals surface area contributed by atoms with Crippen LogP contribution in [0.15, 0.2) is 18.2 Å². The zero-order valence-corrected chi connectivity index (χ0v) is 9.90. The molecule has 0 saturated heterocycles. The van der Waals surface area contributed by atoms with Gasteiger partial charge in [0.25, 0.3) is 0 Å². The van der Waals surface area contributed by atoms with Crippen LogP contribution in [0.3, 0.4) is 0 Å². The number of amides is 2. The summed E-state index contributed by atoms with van der Waals surface area (Å²) >= 11 is 5.59. The number of urea groups is 1. The van der Waals surface area contributed by atoms with E-state index in [0.717, 1.165) is 25.0 Å². The first-order valence-electron chi connectivity index (χ1n) is 5.30. The van der Waals surface area contributed by atoms with Crippen LogP contribution >= 0.6 is 11.6 Å². The lowest BCUT2D eigenvalue weighted by Gasteiger charge is -2.11. The molecule has 1 aliphatic rings. The monoisotopic (exact) mass is 278 g/mol. The summed E-state index contributed by atoms with van der Waals surface area (Å²) in [4.78, 5) is 11.4. The van der Waals surface area contributed by atoms with Gasteiger partial charge in [-0.15, -0.1) is 0 Å². The second-order valence-electron chi connectivity index (χ2n) is 4.10. The van der Waals surface area contributed by atoms with Crippen molar-refractivity contribution in [2.75, 3.05) is 5.32 Å². The van der Waals surface area contributed by atoms with Gasteiger partial charge in [-0.1, -0.05) is 11.6 Å². The summed E-state index contributed by atoms with van der Waals surface area (Å²) in [5.41, 5.74) is -0.871. The van der Waals surface area contributed by atoms with Crippen molar-refractivity contribution < 1.29 is 18.0 Å². The molecule has 3 nitrogen and oxygen atoms in total. The Morgan fingerprint density at radius 3 is 2.50 bits per heavy atom. The molecule has 1 aromatic rings. The van der Waals surface area contributed by atoms with E-state index >= 15 is 0 Å². The van der Waals surface area contributed by atoms with Gasteiger partial charge in [0, 0.05) is 16.8 Å². The highest BCUT2D eigenvalue weighted by Gasteiger charge is 2.31. The molecule has 0 aromatic heterocycles. The van der Waals surface area contributed by atoms with E-state index in [1.165, 1.54) is 6.07 Å². The molecule has 2 N–H and O–H groups in total. The number of benzene rings is 1. The van der Waals surface area contributed by atoms with Gasteiger partial charge in [0.15, 0.2) is 0 Å². The topological polar surface area (TPSA) is 41.1 Å². The number of anilines is 1. The Hall–Kier alpha value is -1.43. The van der Waals surface area contributed by atoms with Gasteiger partial charge < -0.3 is 10.6 Å². The minimum atomic E-state index is -4.49. The van der Waals surface area contributed by atoms with Crippen LogP contribution in [0, 0.1) is 0 Å². The molecule has 2 rings (SSSR count). The first-order valence-corrected chi connectivity index (χ1v) is 5.68. The van der Waals surface area contributed by atoms with Gasteiger partial charge in [0.05, 0.1) is 5.56 Å². The lowest BCUT2D eigenvalue weighted by molar-refractivity contribution is -0.137. The van der Waals surface area contributed by atoms with Crippen LogP contribution in [0.5, 0.6) is 0 Å². The van der Waals surface area contributed by atoms with Crippen molar-refractivity contribution >= 4 is 23.3 Å². The van der Waals surface area contributed by atoms with E-state index < -0.39 is 17.8 Å². The van der Waals surface area contributed by atoms with Gasteiger partial charge in [-0.2, -0.15) is 13.2 Å². The standard InChI is InChI=1S/C11H10ClF3N2O/c12-7-3-6(11(13,14)15)4-9(5-7)17-10(18)16-8-1-2-8/h3-5,8H,1-2H2,(H2,16,17,18). The summed E-state index contributed by atoms with van der Waals surface area (Å²) in [7, 11) is 0. The predicted molar refractivity (Wildman–Crippen MR) is 61.6 cm³/mol. The third kappa shape index (κ3) is 3.53. The minimum absolute atomic E-state index is 0.0213. The number of rotatable bonds is 2. The third-order valence-corrected chi connectivity index (χ3v) is 2.61. The smallest absolute Gasteiger partial charge is 0.335 e. The largest absolute Gasteiger partial charge is 0.416 e. The summed E-state index contributed by atoms with van der Waals surface area (Å²) in [5, 5.41) is 4.86. The van der Waals surface area contributed by atoms with Crippen LogP contribution in [-0.2, 0) is 6.18 Å². The second kappa shape index (κ2) is 4.68. The van der Waals surface area contributed by atoms with E-state index in [1.54, 1.807) is 0 Å². The fourth-order valence-corrected chi connectivity index (χ4v) is 1.64. The Balaban J connectivity index is 2.11. The van der Waals surface area contributed by atoms with Crippen LogP contribution in [0.2, 0.25) is 5.02 Å². The molecule has 0 spiro atoms. The molecule has 2 amide bonds. The molecule has 0 atom stereocenters. The quantitative estimate of drug-likeness (QED) is 0.852. The van der Waals surface area contributed by atoms with Crippen molar-refractivity contribution in [3.63, 3.8) is 0 Å². The van der Waals surface area contributed by atoms with Crippen LogP contribution in [0.25, 0.3) is 0 Å². The van der Waals surface area contributed by atoms with Gasteiger partial charge >= 0.3 is 12.2 Å². The Morgan fingerprint density at radius 1 is 1.28 bits per heavy atom. The fraction of sp³-hybridized carbons (Fsp3) is 0.364. The van der Waals surface area contributed by atoms with E-state index in [4.69, 9.17) is 11.6 Å². The van der Waals surface area contributed by atoms with Crippen molar-refractivity contribution in [3.05, 3.63) is 28.8 Å². The predicted octanol–water partition coefficient (Wildman–Crippen LogP) is 3.64. The molecule has 7 heteroatoms. The molecule has 1 aromatic carbocycles. The van der Waals surface area contributed by atoms with E-state index in [2.05, 4.69) is 10.6 Å². The lowest BCUT2D eigenvalue weighted by Crippen LogP contribution is -2.30. The maximum atomic E-state index is 12.5. The minimum Gasteiger partial charge on any atom is -0.335 e. The number of hydrogen-bond acceptors (Lipinski definition) is 1. The first kappa shape index (κ1) is 13.0. The molecule has 1 fully saturated rings. The molecule has 1 aliphatic carbocycles. The van der Waals surface area contributed by atoms with Crippen LogP contribution in [0.1, 0.15) is 18.4 Å². The molecule has 98 valence electrons. The second-order valence-corrected chi connectivity index (χ2v) is 4.54. The van der Waals surface area contributed by atoms with E-state index in [1.807, 2.05) is 0 Å². The van der Waals surface area contributed by atoms with Crippen molar-refractivity contribution in [2.45, 2.75) is 25.1 Å². The van der Waals surface area contributed by atoms with Gasteiger partial charge in [0.1, 0.15) is 0 Å². The van der Waals surface area contributed by atoms with Gasteiger partial charge in [-0.3, -0.25) is 0 Å². The molecular formula is C11H10ClF3N2O. The van der Waals surface area contributed by atoms with Crippen molar-refractivity contribution in [2.24, 2.45) is 0 Å². The normalized spacial score (nSPS) is 15.3. The fourth-order valence-electron chi connectivity index (χ4n) is 1.41. The Bertz CT molecular complexity index is 472. The number of carbonyl (C=O) groups excluding carboxylic acids is 1. The lowest BCUT2D eigenvalue weighted by atomic mass is 10.2. The molecule has 0 bridgehead atoms. The summed E-state index contributed by atoms with van der Waals surface area (Å²) in [5.74, 6) is 0. The van der Waals surface area contributed by atoms with Crippen molar-refractivity contribution in [3.8, 4) is 0 Å². The summed E-state index contributed by atoms with van der Waals surface area (Å²) in [6.45, 7) is 0. The van der Waals surface area contributed by atoms with Crippen molar-refractivity contribution in [1.29, 1.82) is 0 Å². The molecule has 18 heavy (non-hydrogen) atoms. The maximum absolute atomic E-state index is 12.5. The number of halogens is 4. The van der Waals surface area contributed by atoms with Crippen molar-refractivity contribution in [1.82, 2.24) is 5.32 Å². The summed E-state index contributed by atoms with van der Waals surface area (Å²) in [6.07, 6.45) is -2.69. The molecule has 0 aliphatic heterocycles. The number of hydrogen-bond donors (Lipinski definition) is 2. The molecule has 1 saturated carbocycles. The number of carbonyl (C=O) groups is 1. The Labute approximate surface area is 106 Å². The number of nitrogens with one attached hydrogen (secondary N) is 2.